The molecule has 2 atom stereocenters. The summed E-state index contributed by atoms with van der Waals surface area (Å²) < 4.78 is 63.2. The van der Waals surface area contributed by atoms with Gasteiger partial charge in [0.25, 0.3) is 0 Å². The number of benzene rings is 2. The smallest absolute Gasteiger partial charge is 0.244 e. The van der Waals surface area contributed by atoms with E-state index in [1.807, 2.05) is 0 Å². The van der Waals surface area contributed by atoms with Crippen molar-refractivity contribution in [2.45, 2.75) is 25.9 Å². The Balaban J connectivity index is 1.80. The Morgan fingerprint density at radius 2 is 1.70 bits per heavy atom. The van der Waals surface area contributed by atoms with Crippen molar-refractivity contribution in [1.82, 2.24) is 5.32 Å². The second-order valence-corrected chi connectivity index (χ2v) is 8.83. The van der Waals surface area contributed by atoms with Gasteiger partial charge in [-0.05, 0) is 43.7 Å². The first kappa shape index (κ1) is 21.8. The zero-order valence-corrected chi connectivity index (χ0v) is 17.5. The molecule has 162 valence electrons. The molecular weight excluding hydrogens is 418 g/mol. The summed E-state index contributed by atoms with van der Waals surface area (Å²) in [5.41, 5.74) is 0.588. The molecular formula is C20H22F2N2O5S. The Hall–Kier alpha value is -2.88. The molecule has 1 N–H and O–H groups in total. The monoisotopic (exact) mass is 440 g/mol. The van der Waals surface area contributed by atoms with Gasteiger partial charge in [-0.15, -0.1) is 0 Å². The summed E-state index contributed by atoms with van der Waals surface area (Å²) in [6.45, 7) is 3.99. The van der Waals surface area contributed by atoms with Gasteiger partial charge >= 0.3 is 0 Å². The van der Waals surface area contributed by atoms with Gasteiger partial charge in [-0.2, -0.15) is 0 Å². The number of anilines is 1. The van der Waals surface area contributed by atoms with Gasteiger partial charge in [0.2, 0.25) is 15.9 Å². The highest BCUT2D eigenvalue weighted by Crippen LogP contribution is 2.32. The molecule has 3 rings (SSSR count). The van der Waals surface area contributed by atoms with E-state index in [4.69, 9.17) is 9.47 Å². The van der Waals surface area contributed by atoms with Crippen molar-refractivity contribution < 1.29 is 31.5 Å². The van der Waals surface area contributed by atoms with Crippen LogP contribution in [0.15, 0.2) is 36.4 Å². The molecule has 2 aromatic carbocycles. The fraction of sp³-hybridized carbons (Fsp3) is 0.350. The van der Waals surface area contributed by atoms with Gasteiger partial charge in [-0.1, -0.05) is 6.07 Å². The molecule has 1 aliphatic rings. The van der Waals surface area contributed by atoms with Gasteiger partial charge in [-0.3, -0.25) is 9.10 Å². The van der Waals surface area contributed by atoms with E-state index in [0.29, 0.717) is 24.7 Å². The van der Waals surface area contributed by atoms with Crippen molar-refractivity contribution in [2.24, 2.45) is 0 Å². The number of fused-ring (bicyclic) bond motifs is 1. The topological polar surface area (TPSA) is 84.9 Å². The molecule has 1 amide bonds. The van der Waals surface area contributed by atoms with E-state index in [9.17, 15) is 22.0 Å². The average Bonchev–Trinajstić information content (AvgIpc) is 2.69. The van der Waals surface area contributed by atoms with Crippen LogP contribution >= 0.6 is 0 Å². The third-order valence-corrected chi connectivity index (χ3v) is 5.91. The Kier molecular flexibility index (Phi) is 6.16. The van der Waals surface area contributed by atoms with Gasteiger partial charge < -0.3 is 14.8 Å². The summed E-state index contributed by atoms with van der Waals surface area (Å²) in [7, 11) is -3.96. The molecule has 1 aliphatic heterocycles. The Bertz CT molecular complexity index is 1060. The Morgan fingerprint density at radius 1 is 1.03 bits per heavy atom. The van der Waals surface area contributed by atoms with Crippen molar-refractivity contribution in [1.29, 1.82) is 0 Å². The van der Waals surface area contributed by atoms with Crippen LogP contribution in [0.5, 0.6) is 11.5 Å². The molecule has 0 radical (unpaired) electrons. The van der Waals surface area contributed by atoms with Crippen molar-refractivity contribution in [3.8, 4) is 11.5 Å². The maximum atomic E-state index is 13.6. The van der Waals surface area contributed by atoms with Crippen molar-refractivity contribution in [3.63, 3.8) is 0 Å². The number of nitrogens with one attached hydrogen (secondary N) is 1. The second-order valence-electron chi connectivity index (χ2n) is 6.97. The standard InChI is InChI=1S/C20H22F2N2O5S/c1-12(14-4-7-18-19(10-14)29-9-8-28-18)23-20(25)13(2)24(30(3,26)27)15-5-6-16(21)17(22)11-15/h4-7,10-13H,8-9H2,1-3H3,(H,23,25)/t12-,13+/m0/s1. The zero-order valence-electron chi connectivity index (χ0n) is 16.7. The number of rotatable bonds is 6. The fourth-order valence-corrected chi connectivity index (χ4v) is 4.34. The lowest BCUT2D eigenvalue weighted by Crippen LogP contribution is -2.48. The summed E-state index contributed by atoms with van der Waals surface area (Å²) in [6.07, 6.45) is 0.891. The van der Waals surface area contributed by atoms with Crippen LogP contribution in [0.1, 0.15) is 25.5 Å². The van der Waals surface area contributed by atoms with Gasteiger partial charge in [0, 0.05) is 6.07 Å². The first-order valence-electron chi connectivity index (χ1n) is 9.22. The van der Waals surface area contributed by atoms with Crippen LogP contribution in [0, 0.1) is 11.6 Å². The second kappa shape index (κ2) is 8.47. The minimum atomic E-state index is -3.96. The molecule has 10 heteroatoms. The van der Waals surface area contributed by atoms with Crippen molar-refractivity contribution in [3.05, 3.63) is 53.6 Å². The van der Waals surface area contributed by atoms with Crippen molar-refractivity contribution in [2.75, 3.05) is 23.8 Å². The maximum Gasteiger partial charge on any atom is 0.244 e. The molecule has 1 heterocycles. The number of halogens is 2. The molecule has 7 nitrogen and oxygen atoms in total. The fourth-order valence-electron chi connectivity index (χ4n) is 3.18. The molecule has 2 aromatic rings. The summed E-state index contributed by atoms with van der Waals surface area (Å²) in [5, 5.41) is 2.74. The number of amides is 1. The molecule has 0 unspecified atom stereocenters. The highest BCUT2D eigenvalue weighted by Gasteiger charge is 2.30. The maximum absolute atomic E-state index is 13.6. The predicted molar refractivity (Wildman–Crippen MR) is 107 cm³/mol. The molecule has 0 bridgehead atoms. The highest BCUT2D eigenvalue weighted by atomic mass is 32.2. The predicted octanol–water partition coefficient (Wildman–Crippen LogP) is 2.77. The third kappa shape index (κ3) is 4.64. The molecule has 0 spiro atoms. The lowest BCUT2D eigenvalue weighted by atomic mass is 10.1. The third-order valence-electron chi connectivity index (χ3n) is 4.67. The lowest BCUT2D eigenvalue weighted by Gasteiger charge is -2.29. The molecule has 0 aromatic heterocycles. The first-order chi connectivity index (χ1) is 14.1. The van der Waals surface area contributed by atoms with Gasteiger partial charge in [0.05, 0.1) is 18.0 Å². The van der Waals surface area contributed by atoms with Crippen LogP contribution in [0.2, 0.25) is 0 Å². The Labute approximate surface area is 173 Å². The highest BCUT2D eigenvalue weighted by molar-refractivity contribution is 7.92. The largest absolute Gasteiger partial charge is 0.486 e. The number of carbonyl (C=O) groups excluding carboxylic acids is 1. The zero-order chi connectivity index (χ0) is 22.1. The number of nitrogens with zero attached hydrogens (tertiary/aromatic N) is 1. The van der Waals surface area contributed by atoms with E-state index >= 15 is 0 Å². The molecule has 0 saturated carbocycles. The first-order valence-corrected chi connectivity index (χ1v) is 11.1. The van der Waals surface area contributed by atoms with Gasteiger partial charge in [0.1, 0.15) is 19.3 Å². The normalized spacial score (nSPS) is 15.2. The minimum Gasteiger partial charge on any atom is -0.486 e. The van der Waals surface area contributed by atoms with Crippen molar-refractivity contribution >= 4 is 21.6 Å². The minimum absolute atomic E-state index is 0.147. The summed E-state index contributed by atoms with van der Waals surface area (Å²) in [6, 6.07) is 6.23. The van der Waals surface area contributed by atoms with Crippen LogP contribution in [0.25, 0.3) is 0 Å². The number of ether oxygens (including phenoxy) is 2. The number of hydrogen-bond donors (Lipinski definition) is 1. The molecule has 30 heavy (non-hydrogen) atoms. The molecule has 0 fully saturated rings. The number of hydrogen-bond acceptors (Lipinski definition) is 5. The van der Waals surface area contributed by atoms with E-state index in [-0.39, 0.29) is 5.69 Å². The van der Waals surface area contributed by atoms with E-state index < -0.39 is 39.6 Å². The summed E-state index contributed by atoms with van der Waals surface area (Å²) >= 11 is 0. The quantitative estimate of drug-likeness (QED) is 0.747. The lowest BCUT2D eigenvalue weighted by molar-refractivity contribution is -0.122. The van der Waals surface area contributed by atoms with E-state index in [1.54, 1.807) is 25.1 Å². The summed E-state index contributed by atoms with van der Waals surface area (Å²) in [4.78, 5) is 12.8. The van der Waals surface area contributed by atoms with Crippen LogP contribution < -0.4 is 19.1 Å². The average molecular weight is 440 g/mol. The molecule has 0 aliphatic carbocycles. The SMILES string of the molecule is C[C@H](NC(=O)[C@@H](C)N(c1ccc(F)c(F)c1)S(C)(=O)=O)c1ccc2c(c1)OCCO2. The van der Waals surface area contributed by atoms with E-state index in [0.717, 1.165) is 34.3 Å². The Morgan fingerprint density at radius 3 is 2.33 bits per heavy atom. The van der Waals surface area contributed by atoms with Gasteiger partial charge in [0.15, 0.2) is 23.1 Å². The molecule has 0 saturated heterocycles. The number of sulfonamides is 1. The van der Waals surface area contributed by atoms with Crippen LogP contribution in [-0.4, -0.2) is 39.8 Å². The van der Waals surface area contributed by atoms with Crippen LogP contribution in [0.3, 0.4) is 0 Å². The van der Waals surface area contributed by atoms with Crippen LogP contribution in [0.4, 0.5) is 14.5 Å². The van der Waals surface area contributed by atoms with E-state index in [1.165, 1.54) is 6.92 Å². The van der Waals surface area contributed by atoms with E-state index in [2.05, 4.69) is 5.32 Å². The number of carbonyl (C=O) groups is 1. The van der Waals surface area contributed by atoms with Crippen LogP contribution in [-0.2, 0) is 14.8 Å². The van der Waals surface area contributed by atoms with Gasteiger partial charge in [-0.25, -0.2) is 17.2 Å². The summed E-state index contributed by atoms with van der Waals surface area (Å²) in [5.74, 6) is -1.76.